The Morgan fingerprint density at radius 3 is 2.70 bits per heavy atom. The molecule has 0 saturated carbocycles. The number of aryl methyl sites for hydroxylation is 1. The molecule has 2 rings (SSSR count). The number of carbonyl (C=O) groups excluding carboxylic acids is 1. The lowest BCUT2D eigenvalue weighted by molar-refractivity contribution is -0.130. The van der Waals surface area contributed by atoms with Crippen LogP contribution >= 0.6 is 0 Å². The van der Waals surface area contributed by atoms with E-state index in [4.69, 9.17) is 0 Å². The Morgan fingerprint density at radius 1 is 1.45 bits per heavy atom. The molecule has 112 valence electrons. The van der Waals surface area contributed by atoms with E-state index in [0.717, 1.165) is 38.3 Å². The fraction of sp³-hybridized carbons (Fsp3) is 0.714. The zero-order valence-corrected chi connectivity index (χ0v) is 12.7. The summed E-state index contributed by atoms with van der Waals surface area (Å²) in [5.41, 5.74) is 0. The number of likely N-dealkylation sites (tertiary alicyclic amines) is 1. The zero-order valence-electron chi connectivity index (χ0n) is 12.7. The van der Waals surface area contributed by atoms with E-state index in [9.17, 15) is 4.79 Å². The molecule has 0 radical (unpaired) electrons. The Balaban J connectivity index is 1.69. The molecule has 1 aliphatic rings. The molecule has 6 nitrogen and oxygen atoms in total. The van der Waals surface area contributed by atoms with Gasteiger partial charge in [-0.1, -0.05) is 0 Å². The van der Waals surface area contributed by atoms with Gasteiger partial charge in [0, 0.05) is 52.7 Å². The summed E-state index contributed by atoms with van der Waals surface area (Å²) in [6.45, 7) is 3.32. The SMILES string of the molecule is CN(C)C(=O)CN1CCC(NCc2nccn2C)CC1. The Bertz CT molecular complexity index is 435. The Kier molecular flexibility index (Phi) is 5.14. The van der Waals surface area contributed by atoms with Crippen LogP contribution in [0, 0.1) is 0 Å². The van der Waals surface area contributed by atoms with Gasteiger partial charge in [0.1, 0.15) is 5.82 Å². The van der Waals surface area contributed by atoms with Gasteiger partial charge in [0.05, 0.1) is 13.1 Å². The van der Waals surface area contributed by atoms with Crippen molar-refractivity contribution < 1.29 is 4.79 Å². The number of nitrogens with one attached hydrogen (secondary N) is 1. The predicted molar refractivity (Wildman–Crippen MR) is 78.2 cm³/mol. The van der Waals surface area contributed by atoms with Crippen molar-refractivity contribution in [3.05, 3.63) is 18.2 Å². The maximum atomic E-state index is 11.7. The number of hydrogen-bond acceptors (Lipinski definition) is 4. The van der Waals surface area contributed by atoms with Gasteiger partial charge >= 0.3 is 0 Å². The lowest BCUT2D eigenvalue weighted by Gasteiger charge is -2.32. The first kappa shape index (κ1) is 15.0. The molecule has 1 saturated heterocycles. The van der Waals surface area contributed by atoms with Crippen molar-refractivity contribution in [3.8, 4) is 0 Å². The topological polar surface area (TPSA) is 53.4 Å². The second kappa shape index (κ2) is 6.85. The van der Waals surface area contributed by atoms with Crippen LogP contribution < -0.4 is 5.32 Å². The molecule has 6 heteroatoms. The van der Waals surface area contributed by atoms with Crippen molar-refractivity contribution in [2.75, 3.05) is 33.7 Å². The molecule has 1 amide bonds. The predicted octanol–water partition coefficient (Wildman–Crippen LogP) is 0.0623. The monoisotopic (exact) mass is 279 g/mol. The maximum Gasteiger partial charge on any atom is 0.236 e. The van der Waals surface area contributed by atoms with Crippen LogP contribution in [0.25, 0.3) is 0 Å². The van der Waals surface area contributed by atoms with E-state index in [1.807, 2.05) is 38.1 Å². The van der Waals surface area contributed by atoms with Crippen LogP contribution in [-0.4, -0.2) is 65.0 Å². The van der Waals surface area contributed by atoms with E-state index < -0.39 is 0 Å². The summed E-state index contributed by atoms with van der Waals surface area (Å²) in [6, 6.07) is 0.525. The highest BCUT2D eigenvalue weighted by molar-refractivity contribution is 5.77. The fourth-order valence-corrected chi connectivity index (χ4v) is 2.43. The molecule has 0 bridgehead atoms. The van der Waals surface area contributed by atoms with Crippen molar-refractivity contribution >= 4 is 5.91 Å². The molecule has 0 atom stereocenters. The van der Waals surface area contributed by atoms with Crippen molar-refractivity contribution in [2.45, 2.75) is 25.4 Å². The summed E-state index contributed by atoms with van der Waals surface area (Å²) in [4.78, 5) is 19.9. The molecule has 0 unspecified atom stereocenters. The molecule has 0 aromatic carbocycles. The van der Waals surface area contributed by atoms with Gasteiger partial charge in [-0.05, 0) is 12.8 Å². The molecule has 0 spiro atoms. The number of aromatic nitrogens is 2. The van der Waals surface area contributed by atoms with E-state index in [2.05, 4.69) is 15.2 Å². The van der Waals surface area contributed by atoms with Crippen LogP contribution in [0.2, 0.25) is 0 Å². The number of rotatable bonds is 5. The molecule has 1 aromatic rings. The molecule has 1 aliphatic heterocycles. The number of nitrogens with zero attached hydrogens (tertiary/aromatic N) is 4. The number of piperidine rings is 1. The van der Waals surface area contributed by atoms with Crippen molar-refractivity contribution in [1.29, 1.82) is 0 Å². The van der Waals surface area contributed by atoms with E-state index >= 15 is 0 Å². The summed E-state index contributed by atoms with van der Waals surface area (Å²) in [5.74, 6) is 1.25. The van der Waals surface area contributed by atoms with Crippen molar-refractivity contribution in [3.63, 3.8) is 0 Å². The van der Waals surface area contributed by atoms with Gasteiger partial charge in [0.25, 0.3) is 0 Å². The zero-order chi connectivity index (χ0) is 14.5. The summed E-state index contributed by atoms with van der Waals surface area (Å²) in [6.07, 6.45) is 5.97. The van der Waals surface area contributed by atoms with Gasteiger partial charge in [-0.15, -0.1) is 0 Å². The van der Waals surface area contributed by atoms with Gasteiger partial charge < -0.3 is 14.8 Å². The second-order valence-electron chi connectivity index (χ2n) is 5.67. The molecule has 20 heavy (non-hydrogen) atoms. The number of likely N-dealkylation sites (N-methyl/N-ethyl adjacent to an activating group) is 1. The Hall–Kier alpha value is -1.40. The second-order valence-corrected chi connectivity index (χ2v) is 5.67. The third-order valence-corrected chi connectivity index (χ3v) is 3.92. The first-order chi connectivity index (χ1) is 9.56. The Morgan fingerprint density at radius 2 is 2.15 bits per heavy atom. The summed E-state index contributed by atoms with van der Waals surface area (Å²) >= 11 is 0. The first-order valence-electron chi connectivity index (χ1n) is 7.18. The van der Waals surface area contributed by atoms with Crippen LogP contribution in [0.3, 0.4) is 0 Å². The van der Waals surface area contributed by atoms with Crippen LogP contribution in [0.1, 0.15) is 18.7 Å². The van der Waals surface area contributed by atoms with E-state index in [0.29, 0.717) is 12.6 Å². The smallest absolute Gasteiger partial charge is 0.236 e. The summed E-state index contributed by atoms with van der Waals surface area (Å²) in [7, 11) is 5.63. The number of amides is 1. The van der Waals surface area contributed by atoms with E-state index in [-0.39, 0.29) is 5.91 Å². The molecule has 1 N–H and O–H groups in total. The van der Waals surface area contributed by atoms with Gasteiger partial charge in [0.2, 0.25) is 5.91 Å². The number of carbonyl (C=O) groups is 1. The highest BCUT2D eigenvalue weighted by Crippen LogP contribution is 2.11. The van der Waals surface area contributed by atoms with E-state index in [1.165, 1.54) is 0 Å². The first-order valence-corrected chi connectivity index (χ1v) is 7.18. The van der Waals surface area contributed by atoms with Gasteiger partial charge in [0.15, 0.2) is 0 Å². The molecule has 0 aliphatic carbocycles. The minimum Gasteiger partial charge on any atom is -0.348 e. The van der Waals surface area contributed by atoms with E-state index in [1.54, 1.807) is 4.90 Å². The van der Waals surface area contributed by atoms with Gasteiger partial charge in [-0.25, -0.2) is 4.98 Å². The van der Waals surface area contributed by atoms with Crippen LogP contribution in [0.15, 0.2) is 12.4 Å². The number of imidazole rings is 1. The summed E-state index contributed by atoms with van der Waals surface area (Å²) < 4.78 is 2.04. The molecule has 1 aromatic heterocycles. The Labute approximate surface area is 120 Å². The normalized spacial score (nSPS) is 17.4. The minimum atomic E-state index is 0.185. The van der Waals surface area contributed by atoms with Crippen molar-refractivity contribution in [2.24, 2.45) is 7.05 Å². The number of hydrogen-bond donors (Lipinski definition) is 1. The molecular formula is C14H25N5O. The van der Waals surface area contributed by atoms with Crippen LogP contribution in [0.5, 0.6) is 0 Å². The molecule has 2 heterocycles. The maximum absolute atomic E-state index is 11.7. The van der Waals surface area contributed by atoms with Gasteiger partial charge in [-0.2, -0.15) is 0 Å². The lowest BCUT2D eigenvalue weighted by atomic mass is 10.1. The van der Waals surface area contributed by atoms with Crippen LogP contribution in [0.4, 0.5) is 0 Å². The third-order valence-electron chi connectivity index (χ3n) is 3.92. The molecular weight excluding hydrogens is 254 g/mol. The van der Waals surface area contributed by atoms with Crippen LogP contribution in [-0.2, 0) is 18.4 Å². The fourth-order valence-electron chi connectivity index (χ4n) is 2.43. The van der Waals surface area contributed by atoms with Crippen molar-refractivity contribution in [1.82, 2.24) is 24.7 Å². The highest BCUT2D eigenvalue weighted by atomic mass is 16.2. The lowest BCUT2D eigenvalue weighted by Crippen LogP contribution is -2.45. The standard InChI is InChI=1S/C14H25N5O/c1-17(2)14(20)11-19-7-4-12(5-8-19)16-10-13-15-6-9-18(13)3/h6,9,12,16H,4-5,7-8,10-11H2,1-3H3. The minimum absolute atomic E-state index is 0.185. The van der Waals surface area contributed by atoms with Gasteiger partial charge in [-0.3, -0.25) is 9.69 Å². The molecule has 1 fully saturated rings. The quantitative estimate of drug-likeness (QED) is 0.828. The third kappa shape index (κ3) is 4.05. The summed E-state index contributed by atoms with van der Waals surface area (Å²) in [5, 5.41) is 3.56. The average Bonchev–Trinajstić information content (AvgIpc) is 2.83. The highest BCUT2D eigenvalue weighted by Gasteiger charge is 2.21. The average molecular weight is 279 g/mol. The largest absolute Gasteiger partial charge is 0.348 e.